The maximum atomic E-state index is 12.5. The molecule has 1 aromatic heterocycles. The van der Waals surface area contributed by atoms with E-state index >= 15 is 0 Å². The Hall–Kier alpha value is -1.13. The van der Waals surface area contributed by atoms with Crippen molar-refractivity contribution in [3.8, 4) is 0 Å². The zero-order valence-electron chi connectivity index (χ0n) is 13.2. The summed E-state index contributed by atoms with van der Waals surface area (Å²) in [5, 5.41) is 3.37. The van der Waals surface area contributed by atoms with Gasteiger partial charge in [-0.25, -0.2) is 0 Å². The normalized spacial score (nSPS) is 16.9. The van der Waals surface area contributed by atoms with Crippen molar-refractivity contribution in [2.75, 3.05) is 26.7 Å². The highest BCUT2D eigenvalue weighted by Crippen LogP contribution is 2.17. The number of hydrogen-bond donors (Lipinski definition) is 1. The summed E-state index contributed by atoms with van der Waals surface area (Å²) in [6.07, 6.45) is 2.27. The van der Waals surface area contributed by atoms with Gasteiger partial charge in [0.05, 0.1) is 6.54 Å². The van der Waals surface area contributed by atoms with Crippen LogP contribution in [-0.2, 0) is 6.54 Å². The first-order valence-corrected chi connectivity index (χ1v) is 7.65. The Balaban J connectivity index is 2.04. The Kier molecular flexibility index (Phi) is 5.00. The first-order chi connectivity index (χ1) is 9.54. The third-order valence-corrected chi connectivity index (χ3v) is 4.52. The molecule has 0 unspecified atom stereocenters. The number of carbonyl (C=O) groups excluding carboxylic acids is 1. The molecule has 0 atom stereocenters. The summed E-state index contributed by atoms with van der Waals surface area (Å²) in [5.41, 5.74) is 3.18. The largest absolute Gasteiger partial charge is 0.349 e. The first-order valence-electron chi connectivity index (χ1n) is 7.65. The average molecular weight is 277 g/mol. The number of nitrogens with zero attached hydrogens (tertiary/aromatic N) is 2. The zero-order valence-corrected chi connectivity index (χ0v) is 13.2. The maximum Gasteiger partial charge on any atom is 0.178 e. The average Bonchev–Trinajstić information content (AvgIpc) is 2.74. The van der Waals surface area contributed by atoms with Crippen molar-refractivity contribution in [3.05, 3.63) is 23.0 Å². The van der Waals surface area contributed by atoms with Crippen molar-refractivity contribution in [2.24, 2.45) is 0 Å². The van der Waals surface area contributed by atoms with Crippen molar-refractivity contribution < 1.29 is 4.79 Å². The van der Waals surface area contributed by atoms with Crippen molar-refractivity contribution in [3.63, 3.8) is 0 Å². The summed E-state index contributed by atoms with van der Waals surface area (Å²) in [5.74, 6) is 0.249. The molecule has 2 rings (SSSR count). The highest BCUT2D eigenvalue weighted by Gasteiger charge is 2.22. The second-order valence-electron chi connectivity index (χ2n) is 5.85. The summed E-state index contributed by atoms with van der Waals surface area (Å²) in [4.78, 5) is 14.8. The van der Waals surface area contributed by atoms with E-state index in [1.54, 1.807) is 0 Å². The second kappa shape index (κ2) is 6.55. The fourth-order valence-corrected chi connectivity index (χ4v) is 3.26. The number of likely N-dealkylation sites (N-methyl/N-ethyl adjacent to an activating group) is 1. The van der Waals surface area contributed by atoms with E-state index in [9.17, 15) is 4.79 Å². The third-order valence-electron chi connectivity index (χ3n) is 4.52. The molecule has 0 radical (unpaired) electrons. The van der Waals surface area contributed by atoms with E-state index in [0.717, 1.165) is 43.7 Å². The van der Waals surface area contributed by atoms with Crippen LogP contribution in [0.2, 0.25) is 0 Å². The molecule has 4 heteroatoms. The number of ketones is 1. The molecule has 112 valence electrons. The van der Waals surface area contributed by atoms with Crippen molar-refractivity contribution in [2.45, 2.75) is 46.2 Å². The van der Waals surface area contributed by atoms with Crippen LogP contribution in [0.3, 0.4) is 0 Å². The van der Waals surface area contributed by atoms with E-state index in [4.69, 9.17) is 0 Å². The van der Waals surface area contributed by atoms with Crippen LogP contribution in [0, 0.1) is 13.8 Å². The number of carbonyl (C=O) groups is 1. The summed E-state index contributed by atoms with van der Waals surface area (Å²) in [6.45, 7) is 9.82. The lowest BCUT2D eigenvalue weighted by Gasteiger charge is -2.31. The van der Waals surface area contributed by atoms with Crippen molar-refractivity contribution in [1.29, 1.82) is 0 Å². The standard InChI is InChI=1S/C16H27N3O/c1-5-19-12(2)10-15(13(19)3)16(20)11-18(4)14-6-8-17-9-7-14/h10,14,17H,5-9,11H2,1-4H3. The molecule has 2 heterocycles. The number of rotatable bonds is 5. The van der Waals surface area contributed by atoms with E-state index < -0.39 is 0 Å². The molecular formula is C16H27N3O. The van der Waals surface area contributed by atoms with Crippen LogP contribution in [0.1, 0.15) is 41.5 Å². The fourth-order valence-electron chi connectivity index (χ4n) is 3.26. The molecule has 1 aromatic rings. The van der Waals surface area contributed by atoms with E-state index in [1.165, 1.54) is 5.69 Å². The smallest absolute Gasteiger partial charge is 0.178 e. The van der Waals surface area contributed by atoms with Crippen LogP contribution in [0.15, 0.2) is 6.07 Å². The van der Waals surface area contributed by atoms with E-state index in [-0.39, 0.29) is 5.78 Å². The molecule has 0 aliphatic carbocycles. The number of Topliss-reactive ketones (excluding diaryl/α,β-unsaturated/α-hetero) is 1. The van der Waals surface area contributed by atoms with Crippen LogP contribution in [0.4, 0.5) is 0 Å². The molecule has 0 spiro atoms. The number of aryl methyl sites for hydroxylation is 1. The molecular weight excluding hydrogens is 250 g/mol. The molecule has 1 aliphatic rings. The fraction of sp³-hybridized carbons (Fsp3) is 0.688. The van der Waals surface area contributed by atoms with E-state index in [0.29, 0.717) is 12.6 Å². The summed E-state index contributed by atoms with van der Waals surface area (Å²) < 4.78 is 2.21. The topological polar surface area (TPSA) is 37.3 Å². The van der Waals surface area contributed by atoms with Crippen LogP contribution in [-0.4, -0.2) is 48.0 Å². The minimum absolute atomic E-state index is 0.249. The second-order valence-corrected chi connectivity index (χ2v) is 5.85. The Labute approximate surface area is 122 Å². The van der Waals surface area contributed by atoms with Crippen molar-refractivity contribution >= 4 is 5.78 Å². The molecule has 4 nitrogen and oxygen atoms in total. The summed E-state index contributed by atoms with van der Waals surface area (Å²) >= 11 is 0. The van der Waals surface area contributed by atoms with Gasteiger partial charge in [0.2, 0.25) is 0 Å². The molecule has 20 heavy (non-hydrogen) atoms. The van der Waals surface area contributed by atoms with Crippen LogP contribution < -0.4 is 5.32 Å². The maximum absolute atomic E-state index is 12.5. The predicted molar refractivity (Wildman–Crippen MR) is 82.4 cm³/mol. The number of hydrogen-bond acceptors (Lipinski definition) is 3. The van der Waals surface area contributed by atoms with Crippen LogP contribution >= 0.6 is 0 Å². The number of nitrogens with one attached hydrogen (secondary N) is 1. The van der Waals surface area contributed by atoms with Crippen molar-refractivity contribution in [1.82, 2.24) is 14.8 Å². The summed E-state index contributed by atoms with van der Waals surface area (Å²) in [6, 6.07) is 2.58. The third kappa shape index (κ3) is 3.13. The number of piperidine rings is 1. The van der Waals surface area contributed by atoms with Crippen LogP contribution in [0.5, 0.6) is 0 Å². The lowest BCUT2D eigenvalue weighted by Crippen LogP contribution is -2.43. The van der Waals surface area contributed by atoms with Gasteiger partial charge in [0.1, 0.15) is 0 Å². The molecule has 0 amide bonds. The quantitative estimate of drug-likeness (QED) is 0.836. The Morgan fingerprint density at radius 2 is 2.05 bits per heavy atom. The zero-order chi connectivity index (χ0) is 14.7. The molecule has 1 fully saturated rings. The lowest BCUT2D eigenvalue weighted by molar-refractivity contribution is 0.0903. The first kappa shape index (κ1) is 15.3. The monoisotopic (exact) mass is 277 g/mol. The predicted octanol–water partition coefficient (Wildman–Crippen LogP) is 1.99. The van der Waals surface area contributed by atoms with Gasteiger partial charge in [-0.05, 0) is 59.8 Å². The van der Waals surface area contributed by atoms with Gasteiger partial charge in [-0.1, -0.05) is 0 Å². The Bertz CT molecular complexity index is 472. The molecule has 0 aromatic carbocycles. The Morgan fingerprint density at radius 1 is 1.40 bits per heavy atom. The summed E-state index contributed by atoms with van der Waals surface area (Å²) in [7, 11) is 2.08. The number of aromatic nitrogens is 1. The molecule has 0 bridgehead atoms. The van der Waals surface area contributed by atoms with Gasteiger partial charge in [-0.15, -0.1) is 0 Å². The molecule has 1 saturated heterocycles. The SMILES string of the molecule is CCn1c(C)cc(C(=O)CN(C)C2CCNCC2)c1C. The van der Waals surface area contributed by atoms with Gasteiger partial charge < -0.3 is 9.88 Å². The van der Waals surface area contributed by atoms with Gasteiger partial charge in [0.25, 0.3) is 0 Å². The molecule has 0 saturated carbocycles. The minimum Gasteiger partial charge on any atom is -0.349 e. The Morgan fingerprint density at radius 3 is 2.60 bits per heavy atom. The van der Waals surface area contributed by atoms with Gasteiger partial charge >= 0.3 is 0 Å². The molecule has 1 aliphatic heterocycles. The highest BCUT2D eigenvalue weighted by atomic mass is 16.1. The van der Waals surface area contributed by atoms with Gasteiger partial charge in [-0.3, -0.25) is 9.69 Å². The molecule has 1 N–H and O–H groups in total. The van der Waals surface area contributed by atoms with E-state index in [2.05, 4.69) is 35.7 Å². The van der Waals surface area contributed by atoms with Gasteiger partial charge in [0, 0.05) is 29.5 Å². The van der Waals surface area contributed by atoms with E-state index in [1.807, 2.05) is 13.0 Å². The minimum atomic E-state index is 0.249. The van der Waals surface area contributed by atoms with Gasteiger partial charge in [0.15, 0.2) is 5.78 Å². The highest BCUT2D eigenvalue weighted by molar-refractivity contribution is 5.99. The van der Waals surface area contributed by atoms with Gasteiger partial charge in [-0.2, -0.15) is 0 Å². The van der Waals surface area contributed by atoms with Crippen LogP contribution in [0.25, 0.3) is 0 Å². The lowest BCUT2D eigenvalue weighted by atomic mass is 10.0.